The summed E-state index contributed by atoms with van der Waals surface area (Å²) in [5, 5.41) is 2.56. The van der Waals surface area contributed by atoms with Gasteiger partial charge in [0.15, 0.2) is 0 Å². The van der Waals surface area contributed by atoms with Gasteiger partial charge in [0.2, 0.25) is 0 Å². The highest BCUT2D eigenvalue weighted by atomic mass is 33.8. The molecule has 0 saturated carbocycles. The molecule has 0 radical (unpaired) electrons. The average Bonchev–Trinajstić information content (AvgIpc) is 2.53. The number of thiol groups is 2. The van der Waals surface area contributed by atoms with Crippen molar-refractivity contribution in [1.82, 2.24) is 0 Å². The second-order valence-corrected chi connectivity index (χ2v) is 26.8. The SMILES string of the molecule is COc1ccc([P+]2(S)S[P+](S)(c3ccc(OC)cc3)S2)cc1. The zero-order valence-electron chi connectivity index (χ0n) is 12.0. The molecule has 1 saturated heterocycles. The van der Waals surface area contributed by atoms with Crippen LogP contribution in [0.5, 0.6) is 11.5 Å². The highest BCUT2D eigenvalue weighted by molar-refractivity contribution is 9.60. The lowest BCUT2D eigenvalue weighted by Crippen LogP contribution is -2.12. The van der Waals surface area contributed by atoms with Gasteiger partial charge in [0.25, 0.3) is 22.0 Å². The number of rotatable bonds is 4. The predicted octanol–water partition coefficient (Wildman–Crippen LogP) is 5.52. The van der Waals surface area contributed by atoms with E-state index in [0.717, 1.165) is 11.5 Å². The molecule has 1 fully saturated rings. The molecule has 2 aromatic rings. The van der Waals surface area contributed by atoms with Gasteiger partial charge < -0.3 is 9.47 Å². The van der Waals surface area contributed by atoms with Gasteiger partial charge in [0, 0.05) is 24.5 Å². The van der Waals surface area contributed by atoms with Crippen LogP contribution in [0.3, 0.4) is 0 Å². The molecule has 0 unspecified atom stereocenters. The highest BCUT2D eigenvalue weighted by Gasteiger charge is 2.76. The molecule has 1 aliphatic heterocycles. The van der Waals surface area contributed by atoms with Crippen molar-refractivity contribution in [2.45, 2.75) is 0 Å². The van der Waals surface area contributed by atoms with E-state index in [1.165, 1.54) is 10.6 Å². The zero-order valence-corrected chi connectivity index (χ0v) is 17.3. The molecule has 22 heavy (non-hydrogen) atoms. The summed E-state index contributed by atoms with van der Waals surface area (Å²) in [6.45, 7) is 0. The van der Waals surface area contributed by atoms with E-state index in [4.69, 9.17) is 34.0 Å². The van der Waals surface area contributed by atoms with Crippen molar-refractivity contribution in [3.63, 3.8) is 0 Å². The van der Waals surface area contributed by atoms with Crippen molar-refractivity contribution in [3.8, 4) is 11.5 Å². The van der Waals surface area contributed by atoms with E-state index in [9.17, 15) is 0 Å². The third-order valence-electron chi connectivity index (χ3n) is 3.24. The summed E-state index contributed by atoms with van der Waals surface area (Å²) in [5.41, 5.74) is 0. The van der Waals surface area contributed by atoms with Crippen LogP contribution in [0.25, 0.3) is 0 Å². The molecule has 0 bridgehead atoms. The maximum Gasteiger partial charge on any atom is 0.308 e. The largest absolute Gasteiger partial charge is 0.497 e. The van der Waals surface area contributed by atoms with E-state index in [1.807, 2.05) is 46.3 Å². The molecule has 0 amide bonds. The van der Waals surface area contributed by atoms with Gasteiger partial charge in [-0.05, 0) is 48.5 Å². The second kappa shape index (κ2) is 6.66. The minimum atomic E-state index is -1.52. The monoisotopic (exact) mass is 406 g/mol. The van der Waals surface area contributed by atoms with Crippen molar-refractivity contribution in [2.24, 2.45) is 0 Å². The van der Waals surface area contributed by atoms with Crippen LogP contribution in [0.1, 0.15) is 0 Å². The van der Waals surface area contributed by atoms with Crippen LogP contribution in [0.2, 0.25) is 0 Å². The van der Waals surface area contributed by atoms with Crippen LogP contribution in [0.4, 0.5) is 0 Å². The van der Waals surface area contributed by atoms with E-state index >= 15 is 0 Å². The third kappa shape index (κ3) is 3.24. The Morgan fingerprint density at radius 3 is 1.27 bits per heavy atom. The van der Waals surface area contributed by atoms with Gasteiger partial charge in [-0.15, -0.1) is 0 Å². The molecule has 2 aromatic carbocycles. The van der Waals surface area contributed by atoms with Gasteiger partial charge in [-0.2, -0.15) is 0 Å². The molecule has 116 valence electrons. The first-order valence-electron chi connectivity index (χ1n) is 6.44. The van der Waals surface area contributed by atoms with Crippen LogP contribution in [-0.2, 0) is 0 Å². The van der Waals surface area contributed by atoms with E-state index < -0.39 is 9.74 Å². The van der Waals surface area contributed by atoms with Gasteiger partial charge in [-0.25, -0.2) is 0 Å². The number of ether oxygens (including phenoxy) is 2. The Hall–Kier alpha value is 0.300. The minimum absolute atomic E-state index is 0.876. The fourth-order valence-electron chi connectivity index (χ4n) is 2.04. The smallest absolute Gasteiger partial charge is 0.308 e. The second-order valence-electron chi connectivity index (χ2n) is 4.60. The quantitative estimate of drug-likeness (QED) is 0.514. The summed E-state index contributed by atoms with van der Waals surface area (Å²) in [6.07, 6.45) is 0. The topological polar surface area (TPSA) is 18.5 Å². The summed E-state index contributed by atoms with van der Waals surface area (Å²) >= 11 is 13.8. The first kappa shape index (κ1) is 17.1. The Bertz CT molecular complexity index is 600. The zero-order chi connectivity index (χ0) is 15.8. The standard InChI is InChI=1S/C14H16O2P2S4/c1-15-11-3-7-13(8-4-11)17(19)21-18(20,22-17)14-9-5-12(16-2)6-10-14/h3-10,19-20H,1-2H3/q+2. The number of hydrogen-bond acceptors (Lipinski definition) is 6. The summed E-state index contributed by atoms with van der Waals surface area (Å²) in [7, 11) is 3.36. The van der Waals surface area contributed by atoms with Gasteiger partial charge in [-0.3, -0.25) is 0 Å². The molecule has 0 aliphatic carbocycles. The molecule has 1 aliphatic rings. The Labute approximate surface area is 150 Å². The van der Waals surface area contributed by atoms with Crippen LogP contribution in [0, 0.1) is 0 Å². The summed E-state index contributed by atoms with van der Waals surface area (Å²) in [5.74, 6) is 1.75. The lowest BCUT2D eigenvalue weighted by molar-refractivity contribution is 0.415. The van der Waals surface area contributed by atoms with E-state index in [1.54, 1.807) is 14.2 Å². The number of hydrogen-bond donors (Lipinski definition) is 2. The van der Waals surface area contributed by atoms with E-state index in [-0.39, 0.29) is 0 Å². The van der Waals surface area contributed by atoms with Crippen molar-refractivity contribution in [2.75, 3.05) is 14.2 Å². The van der Waals surface area contributed by atoms with Crippen LogP contribution < -0.4 is 20.1 Å². The van der Waals surface area contributed by atoms with Gasteiger partial charge in [0.1, 0.15) is 22.1 Å². The average molecular weight is 406 g/mol. The van der Waals surface area contributed by atoms with E-state index in [2.05, 4.69) is 24.3 Å². The fraction of sp³-hybridized carbons (Fsp3) is 0.143. The molecular weight excluding hydrogens is 390 g/mol. The number of methoxy groups -OCH3 is 2. The van der Waals surface area contributed by atoms with E-state index in [0.29, 0.717) is 0 Å². The molecule has 2 nitrogen and oxygen atoms in total. The van der Waals surface area contributed by atoms with Gasteiger partial charge >= 0.3 is 9.74 Å². The maximum atomic E-state index is 5.22. The van der Waals surface area contributed by atoms with Crippen molar-refractivity contribution in [3.05, 3.63) is 48.5 Å². The lowest BCUT2D eigenvalue weighted by atomic mass is 10.3. The molecule has 0 aromatic heterocycles. The minimum Gasteiger partial charge on any atom is -0.497 e. The molecule has 0 atom stereocenters. The molecular formula is C14H16O2P2S4+2. The van der Waals surface area contributed by atoms with Crippen molar-refractivity contribution in [1.29, 1.82) is 0 Å². The summed E-state index contributed by atoms with van der Waals surface area (Å²) in [6, 6.07) is 16.5. The van der Waals surface area contributed by atoms with Gasteiger partial charge in [-0.1, -0.05) is 0 Å². The van der Waals surface area contributed by atoms with Crippen LogP contribution in [0.15, 0.2) is 48.5 Å². The Morgan fingerprint density at radius 1 is 0.682 bits per heavy atom. The molecule has 3 rings (SSSR count). The van der Waals surface area contributed by atoms with Crippen LogP contribution in [-0.4, -0.2) is 14.2 Å². The lowest BCUT2D eigenvalue weighted by Gasteiger charge is -2.28. The third-order valence-corrected chi connectivity index (χ3v) is 35.7. The van der Waals surface area contributed by atoms with Gasteiger partial charge in [0.05, 0.1) is 14.2 Å². The molecule has 0 spiro atoms. The highest BCUT2D eigenvalue weighted by Crippen LogP contribution is 3.17. The normalized spacial score (nSPS) is 27.1. The summed E-state index contributed by atoms with van der Waals surface area (Å²) in [4.78, 5) is -3.03. The number of benzene rings is 2. The Morgan fingerprint density at radius 2 is 1.00 bits per heavy atom. The predicted molar refractivity (Wildman–Crippen MR) is 112 cm³/mol. The first-order chi connectivity index (χ1) is 10.5. The Balaban J connectivity index is 1.77. The van der Waals surface area contributed by atoms with Crippen molar-refractivity contribution < 1.29 is 9.47 Å². The molecule has 8 heteroatoms. The van der Waals surface area contributed by atoms with Crippen molar-refractivity contribution >= 4 is 66.8 Å². The molecule has 1 heterocycles. The summed E-state index contributed by atoms with van der Waals surface area (Å²) < 4.78 is 10.4. The fourth-order valence-corrected chi connectivity index (χ4v) is 47.5. The first-order valence-corrected chi connectivity index (χ1v) is 16.4. The molecule has 0 N–H and O–H groups in total. The Kier molecular flexibility index (Phi) is 5.19. The van der Waals surface area contributed by atoms with Crippen LogP contribution >= 0.6 is 56.2 Å². The maximum absolute atomic E-state index is 5.22.